The molecule has 5 heteroatoms. The summed E-state index contributed by atoms with van der Waals surface area (Å²) in [6.45, 7) is 0.812. The second kappa shape index (κ2) is 4.99. The van der Waals surface area contributed by atoms with Crippen LogP contribution >= 0.6 is 11.6 Å². The van der Waals surface area contributed by atoms with Crippen LogP contribution in [0.25, 0.3) is 0 Å². The maximum absolute atomic E-state index is 5.78. The summed E-state index contributed by atoms with van der Waals surface area (Å²) in [4.78, 5) is 4.15. The fourth-order valence-electron chi connectivity index (χ4n) is 1.47. The molecule has 0 aromatic carbocycles. The molecular weight excluding hydrogens is 224 g/mol. The third-order valence-corrected chi connectivity index (χ3v) is 2.54. The van der Waals surface area contributed by atoms with E-state index in [0.717, 1.165) is 18.8 Å². The van der Waals surface area contributed by atoms with Gasteiger partial charge in [-0.25, -0.2) is 4.98 Å². The van der Waals surface area contributed by atoms with E-state index in [-0.39, 0.29) is 0 Å². The molecule has 16 heavy (non-hydrogen) atoms. The summed E-state index contributed by atoms with van der Waals surface area (Å²) >= 11 is 5.78. The Labute approximate surface area is 99.3 Å². The van der Waals surface area contributed by atoms with E-state index in [1.807, 2.05) is 29.9 Å². The number of anilines is 1. The largest absolute Gasteiger partial charge is 0.370 e. The van der Waals surface area contributed by atoms with Crippen LogP contribution in [0.3, 0.4) is 0 Å². The number of nitrogens with zero attached hydrogens (tertiary/aromatic N) is 3. The Hall–Kier alpha value is -1.55. The van der Waals surface area contributed by atoms with Crippen LogP contribution in [0.4, 0.5) is 5.82 Å². The maximum atomic E-state index is 5.78. The number of pyridine rings is 1. The first kappa shape index (κ1) is 11.0. The van der Waals surface area contributed by atoms with Gasteiger partial charge in [0, 0.05) is 31.9 Å². The van der Waals surface area contributed by atoms with Crippen molar-refractivity contribution >= 4 is 17.4 Å². The molecule has 0 spiro atoms. The first-order valence-corrected chi connectivity index (χ1v) is 5.47. The van der Waals surface area contributed by atoms with Crippen LogP contribution in [0.15, 0.2) is 30.5 Å². The third kappa shape index (κ3) is 2.73. The molecule has 0 unspecified atom stereocenters. The summed E-state index contributed by atoms with van der Waals surface area (Å²) in [6, 6.07) is 7.54. The second-order valence-corrected chi connectivity index (χ2v) is 3.86. The van der Waals surface area contributed by atoms with Gasteiger partial charge in [0.15, 0.2) is 0 Å². The summed E-state index contributed by atoms with van der Waals surface area (Å²) in [5.41, 5.74) is 1.19. The minimum atomic E-state index is 0.505. The van der Waals surface area contributed by atoms with Crippen LogP contribution in [0.5, 0.6) is 0 Å². The molecule has 0 aliphatic rings. The predicted molar refractivity (Wildman–Crippen MR) is 64.6 cm³/mol. The lowest BCUT2D eigenvalue weighted by molar-refractivity contribution is 0.711. The lowest BCUT2D eigenvalue weighted by atomic mass is 10.3. The van der Waals surface area contributed by atoms with Crippen LogP contribution in [0.1, 0.15) is 5.69 Å². The van der Waals surface area contributed by atoms with Crippen LogP contribution in [-0.4, -0.2) is 21.3 Å². The van der Waals surface area contributed by atoms with Crippen molar-refractivity contribution in [1.82, 2.24) is 14.8 Å². The first-order valence-electron chi connectivity index (χ1n) is 5.09. The molecule has 2 rings (SSSR count). The Morgan fingerprint density at radius 2 is 2.25 bits per heavy atom. The molecule has 2 heterocycles. The lowest BCUT2D eigenvalue weighted by Crippen LogP contribution is -2.09. The lowest BCUT2D eigenvalue weighted by Gasteiger charge is -2.05. The zero-order chi connectivity index (χ0) is 11.4. The van der Waals surface area contributed by atoms with Gasteiger partial charge in [0.25, 0.3) is 0 Å². The number of aromatic nitrogens is 3. The number of aryl methyl sites for hydroxylation is 1. The Bertz CT molecular complexity index is 467. The molecule has 0 radical (unpaired) electrons. The number of nitrogens with one attached hydrogen (secondary N) is 1. The monoisotopic (exact) mass is 236 g/mol. The van der Waals surface area contributed by atoms with E-state index in [2.05, 4.69) is 15.4 Å². The number of hydrogen-bond donors (Lipinski definition) is 1. The summed E-state index contributed by atoms with van der Waals surface area (Å²) < 4.78 is 1.87. The van der Waals surface area contributed by atoms with Gasteiger partial charge >= 0.3 is 0 Å². The van der Waals surface area contributed by atoms with Crippen molar-refractivity contribution in [1.29, 1.82) is 0 Å². The zero-order valence-corrected chi connectivity index (χ0v) is 9.78. The number of hydrogen-bond acceptors (Lipinski definition) is 3. The van der Waals surface area contributed by atoms with Crippen molar-refractivity contribution in [3.8, 4) is 0 Å². The molecule has 84 valence electrons. The smallest absolute Gasteiger partial charge is 0.131 e. The molecule has 0 aliphatic heterocycles. The van der Waals surface area contributed by atoms with E-state index in [1.165, 1.54) is 5.69 Å². The Morgan fingerprint density at radius 3 is 2.94 bits per heavy atom. The SMILES string of the molecule is Cn1nccc1CCNc1cccc(Cl)n1. The molecular formula is C11H13ClN4. The number of halogens is 1. The third-order valence-electron chi connectivity index (χ3n) is 2.32. The standard InChI is InChI=1S/C11H13ClN4/c1-16-9(6-8-14-16)5-7-13-11-4-2-3-10(12)15-11/h2-4,6,8H,5,7H2,1H3,(H,13,15). The first-order chi connectivity index (χ1) is 7.75. The molecule has 0 atom stereocenters. The molecule has 4 nitrogen and oxygen atoms in total. The number of rotatable bonds is 4. The van der Waals surface area contributed by atoms with Crippen LogP contribution < -0.4 is 5.32 Å². The maximum Gasteiger partial charge on any atom is 0.131 e. The van der Waals surface area contributed by atoms with Crippen molar-refractivity contribution in [2.75, 3.05) is 11.9 Å². The van der Waals surface area contributed by atoms with E-state index in [4.69, 9.17) is 11.6 Å². The van der Waals surface area contributed by atoms with Crippen LogP contribution in [-0.2, 0) is 13.5 Å². The van der Waals surface area contributed by atoms with Crippen molar-refractivity contribution in [3.63, 3.8) is 0 Å². The highest BCUT2D eigenvalue weighted by Crippen LogP contribution is 2.09. The molecule has 0 fully saturated rings. The quantitative estimate of drug-likeness (QED) is 0.827. The molecule has 1 N–H and O–H groups in total. The molecule has 0 amide bonds. The minimum absolute atomic E-state index is 0.505. The van der Waals surface area contributed by atoms with Crippen molar-refractivity contribution < 1.29 is 0 Å². The molecule has 0 bridgehead atoms. The van der Waals surface area contributed by atoms with E-state index in [0.29, 0.717) is 5.15 Å². The molecule has 2 aromatic heterocycles. The van der Waals surface area contributed by atoms with Gasteiger partial charge in [-0.05, 0) is 18.2 Å². The molecule has 0 saturated heterocycles. The van der Waals surface area contributed by atoms with Gasteiger partial charge in [0.1, 0.15) is 11.0 Å². The normalized spacial score (nSPS) is 10.4. The molecule has 0 aliphatic carbocycles. The van der Waals surface area contributed by atoms with Crippen LogP contribution in [0.2, 0.25) is 5.15 Å². The van der Waals surface area contributed by atoms with E-state index < -0.39 is 0 Å². The highest BCUT2D eigenvalue weighted by Gasteiger charge is 1.99. The van der Waals surface area contributed by atoms with Gasteiger partial charge in [-0.2, -0.15) is 5.10 Å². The van der Waals surface area contributed by atoms with Gasteiger partial charge in [-0.3, -0.25) is 4.68 Å². The average molecular weight is 237 g/mol. The molecule has 0 saturated carbocycles. The highest BCUT2D eigenvalue weighted by atomic mass is 35.5. The fraction of sp³-hybridized carbons (Fsp3) is 0.273. The fourth-order valence-corrected chi connectivity index (χ4v) is 1.64. The van der Waals surface area contributed by atoms with E-state index in [1.54, 1.807) is 12.3 Å². The van der Waals surface area contributed by atoms with Gasteiger partial charge in [-0.15, -0.1) is 0 Å². The van der Waals surface area contributed by atoms with Crippen LogP contribution in [0, 0.1) is 0 Å². The van der Waals surface area contributed by atoms with Crippen molar-refractivity contribution in [3.05, 3.63) is 41.3 Å². The Balaban J connectivity index is 1.87. The van der Waals surface area contributed by atoms with E-state index >= 15 is 0 Å². The van der Waals surface area contributed by atoms with Gasteiger partial charge in [-0.1, -0.05) is 17.7 Å². The zero-order valence-electron chi connectivity index (χ0n) is 9.02. The summed E-state index contributed by atoms with van der Waals surface area (Å²) in [5.74, 6) is 0.801. The van der Waals surface area contributed by atoms with Crippen molar-refractivity contribution in [2.45, 2.75) is 6.42 Å². The van der Waals surface area contributed by atoms with Crippen molar-refractivity contribution in [2.24, 2.45) is 7.05 Å². The van der Waals surface area contributed by atoms with Gasteiger partial charge in [0.05, 0.1) is 0 Å². The Morgan fingerprint density at radius 1 is 1.38 bits per heavy atom. The predicted octanol–water partition coefficient (Wildman–Crippen LogP) is 2.12. The highest BCUT2D eigenvalue weighted by molar-refractivity contribution is 6.29. The van der Waals surface area contributed by atoms with Gasteiger partial charge < -0.3 is 5.32 Å². The summed E-state index contributed by atoms with van der Waals surface area (Å²) in [5, 5.41) is 7.83. The van der Waals surface area contributed by atoms with E-state index in [9.17, 15) is 0 Å². The molecule has 2 aromatic rings. The summed E-state index contributed by atoms with van der Waals surface area (Å²) in [6.07, 6.45) is 2.71. The Kier molecular flexibility index (Phi) is 3.41. The van der Waals surface area contributed by atoms with Gasteiger partial charge in [0.2, 0.25) is 0 Å². The minimum Gasteiger partial charge on any atom is -0.370 e. The average Bonchev–Trinajstić information content (AvgIpc) is 2.65. The topological polar surface area (TPSA) is 42.7 Å². The second-order valence-electron chi connectivity index (χ2n) is 3.47. The summed E-state index contributed by atoms with van der Waals surface area (Å²) in [7, 11) is 1.94.